The van der Waals surface area contributed by atoms with Crippen LogP contribution in [0.1, 0.15) is 35.2 Å². The number of nitrogens with zero attached hydrogens (tertiary/aromatic N) is 2. The fourth-order valence-corrected chi connectivity index (χ4v) is 3.32. The number of aromatic nitrogens is 1. The highest BCUT2D eigenvalue weighted by Gasteiger charge is 2.16. The predicted molar refractivity (Wildman–Crippen MR) is 102 cm³/mol. The molecule has 0 fully saturated rings. The molecule has 0 amide bonds. The number of benzene rings is 1. The van der Waals surface area contributed by atoms with Gasteiger partial charge in [0.2, 0.25) is 0 Å². The van der Waals surface area contributed by atoms with Gasteiger partial charge >= 0.3 is 5.97 Å². The highest BCUT2D eigenvalue weighted by molar-refractivity contribution is 7.09. The van der Waals surface area contributed by atoms with E-state index in [1.165, 1.54) is 12.7 Å². The maximum atomic E-state index is 11.1. The van der Waals surface area contributed by atoms with Crippen molar-refractivity contribution in [1.29, 1.82) is 0 Å². The molecule has 0 radical (unpaired) electrons. The third kappa shape index (κ3) is 6.09. The Morgan fingerprint density at radius 1 is 1.31 bits per heavy atom. The summed E-state index contributed by atoms with van der Waals surface area (Å²) >= 11 is 1.55. The monoisotopic (exact) mass is 378 g/mol. The van der Waals surface area contributed by atoms with Crippen molar-refractivity contribution in [1.82, 2.24) is 9.88 Å². The average molecular weight is 378 g/mol. The van der Waals surface area contributed by atoms with E-state index in [4.69, 9.17) is 4.74 Å². The average Bonchev–Trinajstić information content (AvgIpc) is 3.06. The molecule has 2 aromatic rings. The molecule has 2 atom stereocenters. The number of hydrogen-bond acceptors (Lipinski definition) is 7. The highest BCUT2D eigenvalue weighted by atomic mass is 32.1. The quantitative estimate of drug-likeness (QED) is 0.677. The standard InChI is InChI=1S/C19H26N2O4S/c1-13(9-21(3)10-18(22)17-12-26-14(2)20-17)15-5-7-16(8-6-15)25-11-19(23)24-4/h5-8,12-13,18,22H,9-11H2,1-4H3. The van der Waals surface area contributed by atoms with Crippen LogP contribution in [0.3, 0.4) is 0 Å². The molecule has 1 N–H and O–H groups in total. The number of esters is 1. The minimum Gasteiger partial charge on any atom is -0.482 e. The van der Waals surface area contributed by atoms with Gasteiger partial charge in [-0.2, -0.15) is 0 Å². The topological polar surface area (TPSA) is 71.9 Å². The third-order valence-corrected chi connectivity index (χ3v) is 4.87. The number of hydrogen-bond donors (Lipinski definition) is 1. The zero-order valence-electron chi connectivity index (χ0n) is 15.6. The molecule has 0 saturated carbocycles. The van der Waals surface area contributed by atoms with Crippen molar-refractivity contribution in [3.63, 3.8) is 0 Å². The molecule has 0 aliphatic carbocycles. The number of carbonyl (C=O) groups excluding carboxylic acids is 1. The molecule has 0 aliphatic rings. The molecule has 1 aromatic carbocycles. The van der Waals surface area contributed by atoms with Crippen molar-refractivity contribution in [2.24, 2.45) is 0 Å². The second-order valence-electron chi connectivity index (χ2n) is 6.36. The van der Waals surface area contributed by atoms with Crippen LogP contribution in [0.25, 0.3) is 0 Å². The van der Waals surface area contributed by atoms with Gasteiger partial charge < -0.3 is 19.5 Å². The Morgan fingerprint density at radius 2 is 2.00 bits per heavy atom. The van der Waals surface area contributed by atoms with Crippen LogP contribution in [-0.2, 0) is 9.53 Å². The fourth-order valence-electron chi connectivity index (χ4n) is 2.66. The van der Waals surface area contributed by atoms with Crippen molar-refractivity contribution in [3.05, 3.63) is 45.9 Å². The Balaban J connectivity index is 1.84. The summed E-state index contributed by atoms with van der Waals surface area (Å²) in [6.45, 7) is 5.32. The van der Waals surface area contributed by atoms with E-state index in [1.54, 1.807) is 11.3 Å². The van der Waals surface area contributed by atoms with Gasteiger partial charge in [-0.1, -0.05) is 19.1 Å². The van der Waals surface area contributed by atoms with E-state index in [0.717, 1.165) is 17.2 Å². The Bertz CT molecular complexity index is 702. The number of likely N-dealkylation sites (N-methyl/N-ethyl adjacent to an activating group) is 1. The van der Waals surface area contributed by atoms with Crippen LogP contribution in [-0.4, -0.2) is 54.8 Å². The Morgan fingerprint density at radius 3 is 2.58 bits per heavy atom. The van der Waals surface area contributed by atoms with E-state index < -0.39 is 12.1 Å². The first-order valence-electron chi connectivity index (χ1n) is 8.47. The molecule has 0 saturated heterocycles. The molecule has 7 heteroatoms. The summed E-state index contributed by atoms with van der Waals surface area (Å²) in [5, 5.41) is 13.2. The van der Waals surface area contributed by atoms with E-state index in [2.05, 4.69) is 21.5 Å². The number of aliphatic hydroxyl groups is 1. The van der Waals surface area contributed by atoms with Crippen molar-refractivity contribution in [2.45, 2.75) is 25.9 Å². The van der Waals surface area contributed by atoms with Gasteiger partial charge in [0, 0.05) is 18.5 Å². The first kappa shape index (κ1) is 20.4. The summed E-state index contributed by atoms with van der Waals surface area (Å²) in [5.74, 6) is 0.519. The molecule has 2 unspecified atom stereocenters. The van der Waals surface area contributed by atoms with Crippen molar-refractivity contribution in [2.75, 3.05) is 33.9 Å². The number of methoxy groups -OCH3 is 1. The van der Waals surface area contributed by atoms with Crippen LogP contribution in [0.5, 0.6) is 5.75 Å². The summed E-state index contributed by atoms with van der Waals surface area (Å²) in [6, 6.07) is 7.68. The number of ether oxygens (including phenoxy) is 2. The van der Waals surface area contributed by atoms with Crippen LogP contribution < -0.4 is 4.74 Å². The lowest BCUT2D eigenvalue weighted by atomic mass is 10.0. The predicted octanol–water partition coefficient (Wildman–Crippen LogP) is 2.77. The number of aryl methyl sites for hydroxylation is 1. The van der Waals surface area contributed by atoms with Gasteiger partial charge in [0.25, 0.3) is 0 Å². The summed E-state index contributed by atoms with van der Waals surface area (Å²) in [5.41, 5.74) is 1.90. The van der Waals surface area contributed by atoms with E-state index in [0.29, 0.717) is 18.2 Å². The SMILES string of the molecule is COC(=O)COc1ccc(C(C)CN(C)CC(O)c2csc(C)n2)cc1. The minimum atomic E-state index is -0.578. The first-order chi connectivity index (χ1) is 12.4. The Kier molecular flexibility index (Phi) is 7.56. The number of aliphatic hydroxyl groups excluding tert-OH is 1. The fraction of sp³-hybridized carbons (Fsp3) is 0.474. The largest absolute Gasteiger partial charge is 0.482 e. The number of thiazole rings is 1. The lowest BCUT2D eigenvalue weighted by Crippen LogP contribution is -2.28. The minimum absolute atomic E-state index is 0.0951. The number of carbonyl (C=O) groups is 1. The smallest absolute Gasteiger partial charge is 0.343 e. The molecule has 0 spiro atoms. The molecular formula is C19H26N2O4S. The van der Waals surface area contributed by atoms with Gasteiger partial charge in [0.15, 0.2) is 6.61 Å². The van der Waals surface area contributed by atoms with Gasteiger partial charge in [-0.3, -0.25) is 0 Å². The zero-order chi connectivity index (χ0) is 19.1. The van der Waals surface area contributed by atoms with Gasteiger partial charge in [0.05, 0.1) is 17.8 Å². The van der Waals surface area contributed by atoms with Gasteiger partial charge in [-0.05, 0) is 37.6 Å². The molecule has 0 aliphatic heterocycles. The first-order valence-corrected chi connectivity index (χ1v) is 9.35. The van der Waals surface area contributed by atoms with E-state index in [-0.39, 0.29) is 6.61 Å². The number of rotatable bonds is 9. The zero-order valence-corrected chi connectivity index (χ0v) is 16.5. The van der Waals surface area contributed by atoms with Gasteiger partial charge in [0.1, 0.15) is 11.9 Å². The maximum absolute atomic E-state index is 11.1. The molecule has 142 valence electrons. The molecule has 6 nitrogen and oxygen atoms in total. The Labute approximate surface area is 158 Å². The van der Waals surface area contributed by atoms with Crippen LogP contribution in [0.4, 0.5) is 0 Å². The van der Waals surface area contributed by atoms with Gasteiger partial charge in [-0.15, -0.1) is 11.3 Å². The van der Waals surface area contributed by atoms with E-state index in [1.807, 2.05) is 43.6 Å². The molecule has 26 heavy (non-hydrogen) atoms. The van der Waals surface area contributed by atoms with Crippen LogP contribution in [0, 0.1) is 6.92 Å². The van der Waals surface area contributed by atoms with Crippen molar-refractivity contribution < 1.29 is 19.4 Å². The molecule has 2 rings (SSSR count). The van der Waals surface area contributed by atoms with Crippen molar-refractivity contribution >= 4 is 17.3 Å². The second-order valence-corrected chi connectivity index (χ2v) is 7.43. The van der Waals surface area contributed by atoms with Crippen LogP contribution >= 0.6 is 11.3 Å². The van der Waals surface area contributed by atoms with E-state index in [9.17, 15) is 9.90 Å². The summed E-state index contributed by atoms with van der Waals surface area (Å²) in [6.07, 6.45) is -0.578. The highest BCUT2D eigenvalue weighted by Crippen LogP contribution is 2.22. The second kappa shape index (κ2) is 9.66. The van der Waals surface area contributed by atoms with Crippen LogP contribution in [0.2, 0.25) is 0 Å². The summed E-state index contributed by atoms with van der Waals surface area (Å²) in [7, 11) is 3.33. The summed E-state index contributed by atoms with van der Waals surface area (Å²) < 4.78 is 9.90. The normalized spacial score (nSPS) is 13.5. The molecule has 1 aromatic heterocycles. The molecule has 0 bridgehead atoms. The lowest BCUT2D eigenvalue weighted by molar-refractivity contribution is -0.142. The van der Waals surface area contributed by atoms with Gasteiger partial charge in [-0.25, -0.2) is 9.78 Å². The van der Waals surface area contributed by atoms with E-state index >= 15 is 0 Å². The molecule has 1 heterocycles. The van der Waals surface area contributed by atoms with Crippen LogP contribution in [0.15, 0.2) is 29.6 Å². The van der Waals surface area contributed by atoms with Crippen molar-refractivity contribution in [3.8, 4) is 5.75 Å². The molecular weight excluding hydrogens is 352 g/mol. The summed E-state index contributed by atoms with van der Waals surface area (Å²) in [4.78, 5) is 17.5. The maximum Gasteiger partial charge on any atom is 0.343 e. The Hall–Kier alpha value is -1.96. The third-order valence-electron chi connectivity index (χ3n) is 4.08. The lowest BCUT2D eigenvalue weighted by Gasteiger charge is -2.23.